The minimum absolute atomic E-state index is 0.0238. The summed E-state index contributed by atoms with van der Waals surface area (Å²) >= 11 is 0. The van der Waals surface area contributed by atoms with Crippen molar-refractivity contribution >= 4 is 11.9 Å². The molecule has 0 bridgehead atoms. The van der Waals surface area contributed by atoms with Crippen molar-refractivity contribution in [3.05, 3.63) is 41.2 Å². The molecule has 1 saturated carbocycles. The van der Waals surface area contributed by atoms with Crippen molar-refractivity contribution in [2.45, 2.75) is 37.7 Å². The largest absolute Gasteiger partial charge is 0.390 e. The number of aryl methyl sites for hydroxylation is 1. The standard InChI is InChI=1S/C17H21F2N5O3/c1-7-21-16(20)23-17(22-7)24(2)12-6-9(14(26)15(12)27)13(25)8-3-4-10(18)11(19)5-8/h3-5,9,12-15,25-27H,6H2,1-2H3,(H2,20,21,22,23)/t9?,12?,13?,14-,15+/m1/s1. The number of rotatable bonds is 4. The number of nitrogens with two attached hydrogens (primary N) is 1. The van der Waals surface area contributed by atoms with Gasteiger partial charge in [-0.15, -0.1) is 0 Å². The molecule has 146 valence electrons. The molecule has 1 heterocycles. The number of hydrogen-bond donors (Lipinski definition) is 4. The Bertz CT molecular complexity index is 820. The third-order valence-electron chi connectivity index (χ3n) is 4.95. The highest BCUT2D eigenvalue weighted by molar-refractivity contribution is 5.36. The zero-order valence-electron chi connectivity index (χ0n) is 14.8. The molecule has 0 spiro atoms. The molecule has 0 amide bonds. The van der Waals surface area contributed by atoms with Crippen LogP contribution in [0.3, 0.4) is 0 Å². The molecule has 8 nitrogen and oxygen atoms in total. The first-order valence-electron chi connectivity index (χ1n) is 8.39. The Morgan fingerprint density at radius 3 is 2.48 bits per heavy atom. The maximum absolute atomic E-state index is 13.5. The number of likely N-dealkylation sites (N-methyl/N-ethyl adjacent to an activating group) is 1. The molecule has 5 atom stereocenters. The molecule has 0 saturated heterocycles. The van der Waals surface area contributed by atoms with Gasteiger partial charge >= 0.3 is 0 Å². The molecule has 27 heavy (non-hydrogen) atoms. The lowest BCUT2D eigenvalue weighted by atomic mass is 9.92. The molecular formula is C17H21F2N5O3. The van der Waals surface area contributed by atoms with Gasteiger partial charge in [-0.05, 0) is 31.0 Å². The number of anilines is 2. The maximum atomic E-state index is 13.5. The van der Waals surface area contributed by atoms with Gasteiger partial charge in [0.25, 0.3) is 0 Å². The second kappa shape index (κ2) is 7.29. The van der Waals surface area contributed by atoms with E-state index in [0.29, 0.717) is 5.82 Å². The van der Waals surface area contributed by atoms with Gasteiger partial charge in [0.15, 0.2) is 11.6 Å². The third kappa shape index (κ3) is 3.68. The van der Waals surface area contributed by atoms with Crippen molar-refractivity contribution in [3.8, 4) is 0 Å². The van der Waals surface area contributed by atoms with E-state index in [9.17, 15) is 24.1 Å². The van der Waals surface area contributed by atoms with E-state index in [1.165, 1.54) is 6.07 Å². The van der Waals surface area contributed by atoms with Gasteiger partial charge in [-0.25, -0.2) is 8.78 Å². The predicted octanol–water partition coefficient (Wildman–Crippen LogP) is 0.321. The lowest BCUT2D eigenvalue weighted by Gasteiger charge is -2.27. The van der Waals surface area contributed by atoms with E-state index >= 15 is 0 Å². The van der Waals surface area contributed by atoms with Gasteiger partial charge in [-0.3, -0.25) is 0 Å². The Morgan fingerprint density at radius 2 is 1.85 bits per heavy atom. The van der Waals surface area contributed by atoms with Gasteiger partial charge < -0.3 is 26.0 Å². The SMILES string of the molecule is Cc1nc(N)nc(N(C)C2CC(C(O)c3ccc(F)c(F)c3)[C@@H](O)[C@H]2O)n1. The van der Waals surface area contributed by atoms with Crippen molar-refractivity contribution in [1.82, 2.24) is 15.0 Å². The number of aromatic nitrogens is 3. The molecule has 3 rings (SSSR count). The summed E-state index contributed by atoms with van der Waals surface area (Å²) in [5.74, 6) is -2.27. The highest BCUT2D eigenvalue weighted by Gasteiger charge is 2.47. The number of benzene rings is 1. The van der Waals surface area contributed by atoms with E-state index in [1.54, 1.807) is 18.9 Å². The average Bonchev–Trinajstić information content (AvgIpc) is 2.90. The van der Waals surface area contributed by atoms with Crippen molar-refractivity contribution in [3.63, 3.8) is 0 Å². The Balaban J connectivity index is 1.83. The molecule has 3 unspecified atom stereocenters. The molecule has 1 aromatic carbocycles. The average molecular weight is 381 g/mol. The van der Waals surface area contributed by atoms with Gasteiger partial charge in [0, 0.05) is 13.0 Å². The molecule has 0 aliphatic heterocycles. The minimum Gasteiger partial charge on any atom is -0.390 e. The molecule has 2 aromatic rings. The normalized spacial score (nSPS) is 26.2. The van der Waals surface area contributed by atoms with Crippen LogP contribution >= 0.6 is 0 Å². The van der Waals surface area contributed by atoms with Crippen LogP contribution in [0.25, 0.3) is 0 Å². The van der Waals surface area contributed by atoms with Gasteiger partial charge in [-0.2, -0.15) is 15.0 Å². The van der Waals surface area contributed by atoms with Crippen molar-refractivity contribution < 1.29 is 24.1 Å². The van der Waals surface area contributed by atoms with E-state index in [-0.39, 0.29) is 23.9 Å². The molecule has 0 radical (unpaired) electrons. The summed E-state index contributed by atoms with van der Waals surface area (Å²) in [4.78, 5) is 13.6. The Kier molecular flexibility index (Phi) is 5.22. The molecule has 1 aliphatic rings. The van der Waals surface area contributed by atoms with Gasteiger partial charge in [0.05, 0.1) is 18.2 Å². The van der Waals surface area contributed by atoms with Gasteiger partial charge in [-0.1, -0.05) is 6.07 Å². The lowest BCUT2D eigenvalue weighted by molar-refractivity contribution is -0.0232. The van der Waals surface area contributed by atoms with Crippen LogP contribution in [0.4, 0.5) is 20.7 Å². The first-order valence-corrected chi connectivity index (χ1v) is 8.39. The summed E-state index contributed by atoms with van der Waals surface area (Å²) in [6, 6.07) is 2.42. The van der Waals surface area contributed by atoms with E-state index < -0.39 is 41.9 Å². The zero-order valence-corrected chi connectivity index (χ0v) is 14.8. The van der Waals surface area contributed by atoms with Crippen LogP contribution in [0, 0.1) is 24.5 Å². The van der Waals surface area contributed by atoms with Crippen LogP contribution in [0.15, 0.2) is 18.2 Å². The van der Waals surface area contributed by atoms with Crippen LogP contribution in [-0.4, -0.2) is 55.6 Å². The van der Waals surface area contributed by atoms with Crippen molar-refractivity contribution in [1.29, 1.82) is 0 Å². The second-order valence-corrected chi connectivity index (χ2v) is 6.72. The van der Waals surface area contributed by atoms with Crippen LogP contribution in [0.1, 0.15) is 23.9 Å². The lowest BCUT2D eigenvalue weighted by Crippen LogP contribution is -2.42. The van der Waals surface area contributed by atoms with E-state index in [2.05, 4.69) is 15.0 Å². The smallest absolute Gasteiger partial charge is 0.230 e. The second-order valence-electron chi connectivity index (χ2n) is 6.72. The fourth-order valence-electron chi connectivity index (χ4n) is 3.48. The van der Waals surface area contributed by atoms with Crippen LogP contribution in [0.2, 0.25) is 0 Å². The Morgan fingerprint density at radius 1 is 1.15 bits per heavy atom. The minimum atomic E-state index is -1.28. The van der Waals surface area contributed by atoms with Crippen LogP contribution in [-0.2, 0) is 0 Å². The number of aliphatic hydroxyl groups excluding tert-OH is 3. The van der Waals surface area contributed by atoms with Gasteiger partial charge in [0.2, 0.25) is 11.9 Å². The Labute approximate surface area is 154 Å². The first-order chi connectivity index (χ1) is 12.7. The summed E-state index contributed by atoms with van der Waals surface area (Å²) in [5, 5.41) is 31.4. The molecule has 1 aromatic heterocycles. The molecule has 1 aliphatic carbocycles. The molecular weight excluding hydrogens is 360 g/mol. The summed E-state index contributed by atoms with van der Waals surface area (Å²) in [7, 11) is 1.63. The monoisotopic (exact) mass is 381 g/mol. The van der Waals surface area contributed by atoms with Crippen molar-refractivity contribution in [2.24, 2.45) is 5.92 Å². The van der Waals surface area contributed by atoms with Crippen LogP contribution < -0.4 is 10.6 Å². The number of nitrogen functional groups attached to an aromatic ring is 1. The molecule has 1 fully saturated rings. The number of hydrogen-bond acceptors (Lipinski definition) is 8. The van der Waals surface area contributed by atoms with E-state index in [1.807, 2.05) is 0 Å². The summed E-state index contributed by atoms with van der Waals surface area (Å²) in [5.41, 5.74) is 5.75. The quantitative estimate of drug-likeness (QED) is 0.596. The molecule has 10 heteroatoms. The van der Waals surface area contributed by atoms with Crippen molar-refractivity contribution in [2.75, 3.05) is 17.7 Å². The summed E-state index contributed by atoms with van der Waals surface area (Å²) in [6.45, 7) is 1.64. The predicted molar refractivity (Wildman–Crippen MR) is 92.6 cm³/mol. The Hall–Kier alpha value is -2.43. The van der Waals surface area contributed by atoms with Crippen LogP contribution in [0.5, 0.6) is 0 Å². The fraction of sp³-hybridized carbons (Fsp3) is 0.471. The summed E-state index contributed by atoms with van der Waals surface area (Å²) in [6.07, 6.45) is -3.60. The molecule has 5 N–H and O–H groups in total. The van der Waals surface area contributed by atoms with E-state index in [4.69, 9.17) is 5.73 Å². The van der Waals surface area contributed by atoms with E-state index in [0.717, 1.165) is 12.1 Å². The number of halogens is 2. The fourth-order valence-corrected chi connectivity index (χ4v) is 3.48. The first kappa shape index (κ1) is 19.3. The third-order valence-corrected chi connectivity index (χ3v) is 4.95. The number of nitrogens with zero attached hydrogens (tertiary/aromatic N) is 4. The highest BCUT2D eigenvalue weighted by Crippen LogP contribution is 2.39. The topological polar surface area (TPSA) is 129 Å². The summed E-state index contributed by atoms with van der Waals surface area (Å²) < 4.78 is 26.6. The zero-order chi connectivity index (χ0) is 19.9. The highest BCUT2D eigenvalue weighted by atomic mass is 19.2. The maximum Gasteiger partial charge on any atom is 0.230 e. The van der Waals surface area contributed by atoms with Gasteiger partial charge in [0.1, 0.15) is 11.9 Å². The number of aliphatic hydroxyl groups is 3.